The third-order valence-electron chi connectivity index (χ3n) is 3.97. The minimum absolute atomic E-state index is 0.0966. The molecule has 1 aliphatic rings. The van der Waals surface area contributed by atoms with Crippen molar-refractivity contribution in [1.82, 2.24) is 5.43 Å². The summed E-state index contributed by atoms with van der Waals surface area (Å²) in [5, 5.41) is 15.8. The van der Waals surface area contributed by atoms with Crippen LogP contribution < -0.4 is 14.9 Å². The first-order valence-corrected chi connectivity index (χ1v) is 8.55. The number of fused-ring (bicyclic) bond motifs is 2. The number of nitrogens with one attached hydrogen (secondary N) is 1. The molecule has 1 aliphatic heterocycles. The highest BCUT2D eigenvalue weighted by Gasteiger charge is 2.16. The minimum atomic E-state index is -0.499. The Hall–Kier alpha value is -3.06. The summed E-state index contributed by atoms with van der Waals surface area (Å²) in [5.74, 6) is 0.675. The Morgan fingerprint density at radius 2 is 1.81 bits per heavy atom. The highest BCUT2D eigenvalue weighted by atomic mass is 79.9. The number of carbonyl (C=O) groups is 1. The van der Waals surface area contributed by atoms with Crippen LogP contribution in [-0.2, 0) is 0 Å². The van der Waals surface area contributed by atoms with E-state index in [0.717, 1.165) is 20.8 Å². The lowest BCUT2D eigenvalue weighted by Gasteiger charge is -2.06. The number of hydrogen-bond donors (Lipinski definition) is 2. The molecule has 4 rings (SSSR count). The summed E-state index contributed by atoms with van der Waals surface area (Å²) < 4.78 is 11.4. The van der Waals surface area contributed by atoms with Crippen LogP contribution in [0.3, 0.4) is 0 Å². The van der Waals surface area contributed by atoms with E-state index in [1.807, 2.05) is 24.3 Å². The topological polar surface area (TPSA) is 80.2 Å². The summed E-state index contributed by atoms with van der Waals surface area (Å²) in [7, 11) is 0. The van der Waals surface area contributed by atoms with Crippen molar-refractivity contribution in [2.24, 2.45) is 5.10 Å². The zero-order chi connectivity index (χ0) is 18.1. The fourth-order valence-corrected chi connectivity index (χ4v) is 3.09. The van der Waals surface area contributed by atoms with Crippen LogP contribution in [0.2, 0.25) is 0 Å². The second-order valence-electron chi connectivity index (χ2n) is 5.64. The molecular formula is C19H13BrN2O4. The van der Waals surface area contributed by atoms with Gasteiger partial charge in [0.05, 0.1) is 11.8 Å². The number of carbonyl (C=O) groups excluding carboxylic acids is 1. The average Bonchev–Trinajstić information content (AvgIpc) is 3.08. The molecule has 0 fully saturated rings. The molecule has 26 heavy (non-hydrogen) atoms. The lowest BCUT2D eigenvalue weighted by Crippen LogP contribution is -2.17. The number of rotatable bonds is 3. The van der Waals surface area contributed by atoms with Crippen LogP contribution >= 0.6 is 15.9 Å². The van der Waals surface area contributed by atoms with E-state index in [1.165, 1.54) is 6.21 Å². The number of aromatic hydroxyl groups is 1. The van der Waals surface area contributed by atoms with E-state index in [0.29, 0.717) is 11.5 Å². The van der Waals surface area contributed by atoms with Gasteiger partial charge in [0.25, 0.3) is 5.91 Å². The number of ether oxygens (including phenoxy) is 2. The minimum Gasteiger partial charge on any atom is -0.507 e. The van der Waals surface area contributed by atoms with Gasteiger partial charge in [-0.2, -0.15) is 5.10 Å². The molecule has 0 unspecified atom stereocenters. The van der Waals surface area contributed by atoms with Gasteiger partial charge in [0, 0.05) is 10.0 Å². The van der Waals surface area contributed by atoms with Crippen molar-refractivity contribution in [3.63, 3.8) is 0 Å². The Balaban J connectivity index is 1.54. The summed E-state index contributed by atoms with van der Waals surface area (Å²) in [6.07, 6.45) is 1.49. The van der Waals surface area contributed by atoms with E-state index in [-0.39, 0.29) is 18.1 Å². The summed E-state index contributed by atoms with van der Waals surface area (Å²) in [6.45, 7) is 0.181. The molecule has 0 radical (unpaired) electrons. The number of halogens is 1. The highest BCUT2D eigenvalue weighted by Crippen LogP contribution is 2.36. The molecule has 0 aliphatic carbocycles. The van der Waals surface area contributed by atoms with Crippen LogP contribution in [0.15, 0.2) is 58.1 Å². The van der Waals surface area contributed by atoms with Gasteiger partial charge in [0.2, 0.25) is 6.79 Å². The summed E-state index contributed by atoms with van der Waals surface area (Å²) >= 11 is 3.42. The summed E-state index contributed by atoms with van der Waals surface area (Å²) in [4.78, 5) is 12.3. The van der Waals surface area contributed by atoms with Crippen molar-refractivity contribution in [2.75, 3.05) is 6.79 Å². The Kier molecular flexibility index (Phi) is 4.22. The maximum absolute atomic E-state index is 12.3. The number of benzene rings is 3. The number of hydrazone groups is 1. The molecule has 1 heterocycles. The molecule has 7 heteroatoms. The fourth-order valence-electron chi connectivity index (χ4n) is 2.66. The first kappa shape index (κ1) is 16.4. The van der Waals surface area contributed by atoms with E-state index < -0.39 is 5.91 Å². The van der Waals surface area contributed by atoms with Gasteiger partial charge in [0.1, 0.15) is 5.75 Å². The quantitative estimate of drug-likeness (QED) is 0.506. The van der Waals surface area contributed by atoms with E-state index in [1.54, 1.807) is 24.3 Å². The first-order valence-electron chi connectivity index (χ1n) is 7.76. The maximum Gasteiger partial charge on any atom is 0.275 e. The van der Waals surface area contributed by atoms with Crippen LogP contribution in [-0.4, -0.2) is 24.0 Å². The highest BCUT2D eigenvalue weighted by molar-refractivity contribution is 9.10. The van der Waals surface area contributed by atoms with Gasteiger partial charge in [-0.1, -0.05) is 24.3 Å². The van der Waals surface area contributed by atoms with Gasteiger partial charge in [-0.05, 0) is 51.0 Å². The summed E-state index contributed by atoms with van der Waals surface area (Å²) in [6, 6.07) is 14.2. The van der Waals surface area contributed by atoms with E-state index >= 15 is 0 Å². The lowest BCUT2D eigenvalue weighted by atomic mass is 10.1. The van der Waals surface area contributed by atoms with Gasteiger partial charge >= 0.3 is 0 Å². The molecule has 6 nitrogen and oxygen atoms in total. The second-order valence-corrected chi connectivity index (χ2v) is 6.50. The lowest BCUT2D eigenvalue weighted by molar-refractivity contribution is 0.0952. The molecule has 0 spiro atoms. The summed E-state index contributed by atoms with van der Waals surface area (Å²) in [5.41, 5.74) is 3.30. The van der Waals surface area contributed by atoms with Crippen molar-refractivity contribution in [1.29, 1.82) is 0 Å². The van der Waals surface area contributed by atoms with Crippen LogP contribution in [0, 0.1) is 0 Å². The third kappa shape index (κ3) is 3.09. The van der Waals surface area contributed by atoms with Gasteiger partial charge in [-0.25, -0.2) is 5.43 Å². The van der Waals surface area contributed by atoms with E-state index in [9.17, 15) is 9.90 Å². The smallest absolute Gasteiger partial charge is 0.275 e. The number of phenolic OH excluding ortho intramolecular Hbond substituents is 1. The van der Waals surface area contributed by atoms with Crippen LogP contribution in [0.5, 0.6) is 17.2 Å². The first-order chi connectivity index (χ1) is 12.6. The fraction of sp³-hybridized carbons (Fsp3) is 0.0526. The predicted octanol–water partition coefficient (Wildman–Crippen LogP) is 3.80. The Bertz CT molecular complexity index is 1050. The Morgan fingerprint density at radius 3 is 2.58 bits per heavy atom. The van der Waals surface area contributed by atoms with Crippen molar-refractivity contribution in [3.8, 4) is 17.2 Å². The normalized spacial score (nSPS) is 12.7. The average molecular weight is 413 g/mol. The van der Waals surface area contributed by atoms with Crippen molar-refractivity contribution in [3.05, 3.63) is 64.1 Å². The molecule has 130 valence electrons. The molecule has 3 aromatic carbocycles. The zero-order valence-corrected chi connectivity index (χ0v) is 15.0. The number of nitrogens with zero attached hydrogens (tertiary/aromatic N) is 1. The van der Waals surface area contributed by atoms with Crippen LogP contribution in [0.1, 0.15) is 15.9 Å². The van der Waals surface area contributed by atoms with E-state index in [2.05, 4.69) is 26.5 Å². The second kappa shape index (κ2) is 6.68. The Labute approximate surface area is 157 Å². The van der Waals surface area contributed by atoms with Gasteiger partial charge in [-0.15, -0.1) is 0 Å². The molecule has 0 atom stereocenters. The van der Waals surface area contributed by atoms with Gasteiger partial charge < -0.3 is 14.6 Å². The predicted molar refractivity (Wildman–Crippen MR) is 101 cm³/mol. The SMILES string of the molecule is O=C(NN=Cc1cc2c(cc1Br)OCO2)c1cc2ccccc2cc1O. The standard InChI is InChI=1S/C19H13BrN2O4/c20-15-8-18-17(25-10-26-18)7-13(15)9-21-22-19(24)14-5-11-3-1-2-4-12(11)6-16(14)23/h1-9,23H,10H2,(H,22,24). The van der Waals surface area contributed by atoms with E-state index in [4.69, 9.17) is 9.47 Å². The van der Waals surface area contributed by atoms with Gasteiger partial charge in [0.15, 0.2) is 11.5 Å². The van der Waals surface area contributed by atoms with Gasteiger partial charge in [-0.3, -0.25) is 4.79 Å². The molecule has 0 saturated carbocycles. The molecule has 0 aromatic heterocycles. The molecule has 1 amide bonds. The van der Waals surface area contributed by atoms with Crippen LogP contribution in [0.25, 0.3) is 10.8 Å². The number of phenols is 1. The largest absolute Gasteiger partial charge is 0.507 e. The monoisotopic (exact) mass is 412 g/mol. The number of hydrogen-bond acceptors (Lipinski definition) is 5. The number of amides is 1. The molecule has 2 N–H and O–H groups in total. The van der Waals surface area contributed by atoms with Crippen molar-refractivity contribution >= 4 is 38.8 Å². The van der Waals surface area contributed by atoms with Crippen LogP contribution in [0.4, 0.5) is 0 Å². The van der Waals surface area contributed by atoms with Crippen molar-refractivity contribution < 1.29 is 19.4 Å². The molecule has 0 bridgehead atoms. The maximum atomic E-state index is 12.3. The molecule has 3 aromatic rings. The molecular weight excluding hydrogens is 400 g/mol. The third-order valence-corrected chi connectivity index (χ3v) is 4.66. The Morgan fingerprint density at radius 1 is 1.12 bits per heavy atom. The zero-order valence-electron chi connectivity index (χ0n) is 13.4. The van der Waals surface area contributed by atoms with Crippen molar-refractivity contribution in [2.45, 2.75) is 0 Å². The molecule has 0 saturated heterocycles.